The summed E-state index contributed by atoms with van der Waals surface area (Å²) in [6.45, 7) is 13.0. The molecule has 1 aliphatic rings. The largest absolute Gasteiger partial charge is 0.466 e. The van der Waals surface area contributed by atoms with E-state index in [4.69, 9.17) is 9.47 Å². The quantitative estimate of drug-likeness (QED) is 0.0487. The molecule has 1 rings (SSSR count). The minimum absolute atomic E-state index is 0.0103. The first-order valence-electron chi connectivity index (χ1n) is 25.0. The minimum atomic E-state index is -0.0103. The van der Waals surface area contributed by atoms with Crippen molar-refractivity contribution in [2.24, 2.45) is 0 Å². The second-order valence-corrected chi connectivity index (χ2v) is 17.4. The first kappa shape index (κ1) is 52.8. The third-order valence-corrected chi connectivity index (χ3v) is 12.2. The highest BCUT2D eigenvalue weighted by Crippen LogP contribution is 2.21. The van der Waals surface area contributed by atoms with Gasteiger partial charge in [0.2, 0.25) is 0 Å². The number of ether oxygens (including phenoxy) is 2. The maximum absolute atomic E-state index is 12.8. The van der Waals surface area contributed by atoms with Crippen molar-refractivity contribution in [3.05, 3.63) is 0 Å². The number of piperidine rings is 1. The Labute approximate surface area is 348 Å². The van der Waals surface area contributed by atoms with E-state index in [2.05, 4.69) is 30.6 Å². The number of hydrogen-bond donors (Lipinski definition) is 1. The zero-order valence-corrected chi connectivity index (χ0v) is 37.8. The van der Waals surface area contributed by atoms with Crippen LogP contribution < -0.4 is 0 Å². The van der Waals surface area contributed by atoms with Crippen molar-refractivity contribution in [1.82, 2.24) is 9.80 Å². The van der Waals surface area contributed by atoms with E-state index in [-0.39, 0.29) is 24.6 Å². The molecule has 0 radical (unpaired) electrons. The van der Waals surface area contributed by atoms with Crippen LogP contribution in [0, 0.1) is 0 Å². The van der Waals surface area contributed by atoms with Crippen molar-refractivity contribution >= 4 is 11.9 Å². The molecule has 0 atom stereocenters. The molecule has 7 nitrogen and oxygen atoms in total. The fraction of sp³-hybridized carbons (Fsp3) is 0.959. The van der Waals surface area contributed by atoms with E-state index in [1.54, 1.807) is 0 Å². The third kappa shape index (κ3) is 32.7. The summed E-state index contributed by atoms with van der Waals surface area (Å²) < 4.78 is 11.5. The number of rotatable bonds is 42. The van der Waals surface area contributed by atoms with Gasteiger partial charge in [-0.3, -0.25) is 14.5 Å². The zero-order valence-electron chi connectivity index (χ0n) is 37.8. The van der Waals surface area contributed by atoms with E-state index in [1.807, 2.05) is 0 Å². The number of esters is 2. The molecule has 0 aromatic carbocycles. The van der Waals surface area contributed by atoms with Gasteiger partial charge in [0, 0.05) is 25.4 Å². The Hall–Kier alpha value is -1.18. The SMILES string of the molecule is CCCCCCCCCOC(=O)CCCCCCCN1CCC(N(CCO)CCCCCCCC(=O)OC(CCCCCCCC)CCCCCCCC)CC1. The van der Waals surface area contributed by atoms with Crippen LogP contribution in [0.3, 0.4) is 0 Å². The summed E-state index contributed by atoms with van der Waals surface area (Å²) in [4.78, 5) is 30.0. The van der Waals surface area contributed by atoms with Crippen LogP contribution in [0.2, 0.25) is 0 Å². The smallest absolute Gasteiger partial charge is 0.306 e. The molecule has 332 valence electrons. The van der Waals surface area contributed by atoms with Gasteiger partial charge in [-0.1, -0.05) is 162 Å². The summed E-state index contributed by atoms with van der Waals surface area (Å²) in [6.07, 6.45) is 41.2. The number of unbranched alkanes of at least 4 members (excludes halogenated alkanes) is 24. The fourth-order valence-electron chi connectivity index (χ4n) is 8.49. The molecule has 1 saturated heterocycles. The summed E-state index contributed by atoms with van der Waals surface area (Å²) in [5, 5.41) is 9.79. The monoisotopic (exact) mass is 793 g/mol. The lowest BCUT2D eigenvalue weighted by molar-refractivity contribution is -0.150. The second kappa shape index (κ2) is 40.6. The van der Waals surface area contributed by atoms with Crippen LogP contribution in [0.25, 0.3) is 0 Å². The molecule has 1 heterocycles. The van der Waals surface area contributed by atoms with Crippen LogP contribution in [-0.4, -0.2) is 84.9 Å². The van der Waals surface area contributed by atoms with Crippen LogP contribution in [0.1, 0.15) is 245 Å². The van der Waals surface area contributed by atoms with E-state index in [0.717, 1.165) is 71.1 Å². The predicted molar refractivity (Wildman–Crippen MR) is 238 cm³/mol. The Kier molecular flexibility index (Phi) is 38.3. The number of aliphatic hydroxyl groups excluding tert-OH is 1. The van der Waals surface area contributed by atoms with E-state index in [1.165, 1.54) is 173 Å². The Morgan fingerprint density at radius 3 is 1.54 bits per heavy atom. The molecule has 0 aliphatic carbocycles. The molecule has 1 aliphatic heterocycles. The number of likely N-dealkylation sites (tertiary alicyclic amines) is 1. The molecule has 0 bridgehead atoms. The van der Waals surface area contributed by atoms with Gasteiger partial charge < -0.3 is 19.5 Å². The molecule has 0 amide bonds. The maximum atomic E-state index is 12.8. The van der Waals surface area contributed by atoms with E-state index in [0.29, 0.717) is 25.5 Å². The Bertz CT molecular complexity index is 832. The van der Waals surface area contributed by atoms with Crippen molar-refractivity contribution in [1.29, 1.82) is 0 Å². The van der Waals surface area contributed by atoms with Gasteiger partial charge in [0.25, 0.3) is 0 Å². The molecular formula is C49H96N2O5. The van der Waals surface area contributed by atoms with Crippen LogP contribution in [0.4, 0.5) is 0 Å². The van der Waals surface area contributed by atoms with Crippen LogP contribution in [0.15, 0.2) is 0 Å². The van der Waals surface area contributed by atoms with Gasteiger partial charge >= 0.3 is 11.9 Å². The number of nitrogens with zero attached hydrogens (tertiary/aromatic N) is 2. The summed E-state index contributed by atoms with van der Waals surface area (Å²) >= 11 is 0. The highest BCUT2D eigenvalue weighted by molar-refractivity contribution is 5.69. The minimum Gasteiger partial charge on any atom is -0.466 e. The van der Waals surface area contributed by atoms with Crippen molar-refractivity contribution in [3.63, 3.8) is 0 Å². The fourth-order valence-corrected chi connectivity index (χ4v) is 8.49. The number of hydrogen-bond acceptors (Lipinski definition) is 7. The molecule has 7 heteroatoms. The van der Waals surface area contributed by atoms with E-state index < -0.39 is 0 Å². The molecule has 0 spiro atoms. The first-order chi connectivity index (χ1) is 27.5. The first-order valence-corrected chi connectivity index (χ1v) is 25.0. The Morgan fingerprint density at radius 2 is 1.00 bits per heavy atom. The predicted octanol–water partition coefficient (Wildman–Crippen LogP) is 13.1. The standard InChI is InChI=1S/C49H96N2O5/c1-4-7-10-13-16-25-32-45-55-48(53)35-28-21-17-23-30-39-50-41-37-46(38-42-50)51(43-44-52)40-31-24-18-22-29-36-49(54)56-47(33-26-19-14-11-8-5-2)34-27-20-15-12-9-6-3/h46-47,52H,4-45H2,1-3H3. The maximum Gasteiger partial charge on any atom is 0.306 e. The van der Waals surface area contributed by atoms with Gasteiger partial charge in [0.1, 0.15) is 6.10 Å². The number of aliphatic hydroxyl groups is 1. The van der Waals surface area contributed by atoms with Crippen molar-refractivity contribution in [2.45, 2.75) is 258 Å². The summed E-state index contributed by atoms with van der Waals surface area (Å²) in [5.41, 5.74) is 0. The zero-order chi connectivity index (χ0) is 40.6. The van der Waals surface area contributed by atoms with Gasteiger partial charge in [-0.15, -0.1) is 0 Å². The summed E-state index contributed by atoms with van der Waals surface area (Å²) in [5.74, 6) is 0.0133. The van der Waals surface area contributed by atoms with Gasteiger partial charge in [-0.05, 0) is 96.8 Å². The molecule has 1 fully saturated rings. The number of carbonyl (C=O) groups excluding carboxylic acids is 2. The van der Waals surface area contributed by atoms with Gasteiger partial charge in [-0.2, -0.15) is 0 Å². The van der Waals surface area contributed by atoms with Gasteiger partial charge in [0.15, 0.2) is 0 Å². The molecule has 0 aromatic rings. The molecule has 0 saturated carbocycles. The van der Waals surface area contributed by atoms with Crippen LogP contribution >= 0.6 is 0 Å². The Morgan fingerprint density at radius 1 is 0.554 bits per heavy atom. The second-order valence-electron chi connectivity index (χ2n) is 17.4. The van der Waals surface area contributed by atoms with Crippen molar-refractivity contribution in [3.8, 4) is 0 Å². The van der Waals surface area contributed by atoms with Crippen molar-refractivity contribution < 1.29 is 24.2 Å². The molecule has 56 heavy (non-hydrogen) atoms. The van der Waals surface area contributed by atoms with Gasteiger partial charge in [-0.25, -0.2) is 0 Å². The molecule has 0 aromatic heterocycles. The van der Waals surface area contributed by atoms with E-state index in [9.17, 15) is 14.7 Å². The topological polar surface area (TPSA) is 79.3 Å². The number of carbonyl (C=O) groups is 2. The average Bonchev–Trinajstić information content (AvgIpc) is 3.20. The third-order valence-electron chi connectivity index (χ3n) is 12.2. The van der Waals surface area contributed by atoms with Gasteiger partial charge in [0.05, 0.1) is 13.2 Å². The lowest BCUT2D eigenvalue weighted by atomic mass is 10.0. The van der Waals surface area contributed by atoms with Crippen molar-refractivity contribution in [2.75, 3.05) is 45.9 Å². The molecule has 0 unspecified atom stereocenters. The average molecular weight is 793 g/mol. The highest BCUT2D eigenvalue weighted by Gasteiger charge is 2.24. The lowest BCUT2D eigenvalue weighted by Crippen LogP contribution is -2.46. The van der Waals surface area contributed by atoms with Crippen LogP contribution in [-0.2, 0) is 19.1 Å². The summed E-state index contributed by atoms with van der Waals surface area (Å²) in [6, 6.07) is 0.583. The lowest BCUT2D eigenvalue weighted by Gasteiger charge is -2.38. The highest BCUT2D eigenvalue weighted by atomic mass is 16.5. The van der Waals surface area contributed by atoms with E-state index >= 15 is 0 Å². The normalized spacial score (nSPS) is 14.0. The Balaban J connectivity index is 2.12. The summed E-state index contributed by atoms with van der Waals surface area (Å²) in [7, 11) is 0. The van der Waals surface area contributed by atoms with Crippen LogP contribution in [0.5, 0.6) is 0 Å². The molecular weight excluding hydrogens is 697 g/mol. The molecule has 1 N–H and O–H groups in total.